The Morgan fingerprint density at radius 2 is 2.00 bits per heavy atom. The molecule has 3 rings (SSSR count). The largest absolute Gasteiger partial charge is 0.393 e. The molecule has 1 aromatic rings. The molecule has 1 N–H and O–H groups in total. The van der Waals surface area contributed by atoms with Crippen LogP contribution in [0.1, 0.15) is 44.5 Å². The van der Waals surface area contributed by atoms with Crippen LogP contribution in [0.3, 0.4) is 0 Å². The predicted molar refractivity (Wildman–Crippen MR) is 65.8 cm³/mol. The first kappa shape index (κ1) is 12.0. The summed E-state index contributed by atoms with van der Waals surface area (Å²) in [5.74, 6) is 1.45. The Hall–Kier alpha value is -1.01. The van der Waals surface area contributed by atoms with Gasteiger partial charge in [0, 0.05) is 0 Å². The van der Waals surface area contributed by atoms with Gasteiger partial charge in [-0.15, -0.1) is 5.10 Å². The Balaban J connectivity index is 1.56. The molecule has 0 spiro atoms. The van der Waals surface area contributed by atoms with E-state index in [0.29, 0.717) is 12.0 Å². The summed E-state index contributed by atoms with van der Waals surface area (Å²) in [6, 6.07) is 0.546. The van der Waals surface area contributed by atoms with Gasteiger partial charge in [-0.2, -0.15) is 0 Å². The van der Waals surface area contributed by atoms with Crippen molar-refractivity contribution in [2.45, 2.75) is 51.3 Å². The third kappa shape index (κ3) is 2.54. The van der Waals surface area contributed by atoms with Crippen LogP contribution in [0.5, 0.6) is 0 Å². The molecule has 18 heavy (non-hydrogen) atoms. The van der Waals surface area contributed by atoms with Crippen LogP contribution in [0.2, 0.25) is 0 Å². The van der Waals surface area contributed by atoms with Crippen LogP contribution < -0.4 is 0 Å². The quantitative estimate of drug-likeness (QED) is 0.849. The van der Waals surface area contributed by atoms with E-state index in [1.165, 1.54) is 12.8 Å². The standard InChI is InChI=1S/C12H21N5O/c1-9(18)10-4-6-16(7-5-10)8-12-13-14-15-17(12)11-2-3-11/h9-11,18H,2-8H2,1H3. The molecule has 2 heterocycles. The Morgan fingerprint density at radius 1 is 1.28 bits per heavy atom. The molecular formula is C12H21N5O. The molecule has 1 saturated heterocycles. The van der Waals surface area contributed by atoms with Crippen LogP contribution in [-0.2, 0) is 6.54 Å². The number of aromatic nitrogens is 4. The van der Waals surface area contributed by atoms with Gasteiger partial charge in [0.25, 0.3) is 0 Å². The Bertz CT molecular complexity index is 393. The highest BCUT2D eigenvalue weighted by molar-refractivity contribution is 4.91. The molecule has 2 aliphatic rings. The van der Waals surface area contributed by atoms with Crippen LogP contribution >= 0.6 is 0 Å². The molecule has 1 atom stereocenters. The second kappa shape index (κ2) is 4.93. The molecule has 6 heteroatoms. The second-order valence-corrected chi connectivity index (χ2v) is 5.63. The number of hydrogen-bond acceptors (Lipinski definition) is 5. The van der Waals surface area contributed by atoms with Gasteiger partial charge in [0.15, 0.2) is 5.82 Å². The lowest BCUT2D eigenvalue weighted by molar-refractivity contribution is 0.0682. The Labute approximate surface area is 107 Å². The maximum atomic E-state index is 9.59. The van der Waals surface area contributed by atoms with Crippen molar-refractivity contribution in [3.8, 4) is 0 Å². The first-order valence-electron chi connectivity index (χ1n) is 6.91. The fraction of sp³-hybridized carbons (Fsp3) is 0.917. The summed E-state index contributed by atoms with van der Waals surface area (Å²) in [5, 5.41) is 21.6. The van der Waals surface area contributed by atoms with Crippen molar-refractivity contribution in [1.82, 2.24) is 25.1 Å². The number of tetrazole rings is 1. The molecule has 1 saturated carbocycles. The average Bonchev–Trinajstić information content (AvgIpc) is 3.11. The van der Waals surface area contributed by atoms with Gasteiger partial charge in [-0.05, 0) is 62.0 Å². The fourth-order valence-electron chi connectivity index (χ4n) is 2.71. The van der Waals surface area contributed by atoms with E-state index in [1.807, 2.05) is 11.6 Å². The highest BCUT2D eigenvalue weighted by atomic mass is 16.3. The topological polar surface area (TPSA) is 67.1 Å². The molecule has 0 amide bonds. The molecule has 0 bridgehead atoms. The summed E-state index contributed by atoms with van der Waals surface area (Å²) < 4.78 is 1.99. The normalized spacial score (nSPS) is 24.3. The van der Waals surface area contributed by atoms with E-state index in [9.17, 15) is 5.11 Å². The summed E-state index contributed by atoms with van der Waals surface area (Å²) >= 11 is 0. The Kier molecular flexibility index (Phi) is 3.30. The minimum Gasteiger partial charge on any atom is -0.393 e. The van der Waals surface area contributed by atoms with Crippen molar-refractivity contribution < 1.29 is 5.11 Å². The molecule has 2 fully saturated rings. The molecule has 1 unspecified atom stereocenters. The summed E-state index contributed by atoms with van der Waals surface area (Å²) in [4.78, 5) is 2.39. The summed E-state index contributed by atoms with van der Waals surface area (Å²) in [6.07, 6.45) is 4.39. The van der Waals surface area contributed by atoms with Crippen LogP contribution in [-0.4, -0.2) is 49.4 Å². The molecular weight excluding hydrogens is 230 g/mol. The molecule has 1 aromatic heterocycles. The van der Waals surface area contributed by atoms with E-state index in [4.69, 9.17) is 0 Å². The number of rotatable bonds is 4. The highest BCUT2D eigenvalue weighted by Gasteiger charge is 2.29. The van der Waals surface area contributed by atoms with E-state index in [-0.39, 0.29) is 6.10 Å². The minimum absolute atomic E-state index is 0.177. The van der Waals surface area contributed by atoms with Gasteiger partial charge >= 0.3 is 0 Å². The highest BCUT2D eigenvalue weighted by Crippen LogP contribution is 2.34. The van der Waals surface area contributed by atoms with Gasteiger partial charge < -0.3 is 5.11 Å². The van der Waals surface area contributed by atoms with E-state index in [2.05, 4.69) is 20.4 Å². The van der Waals surface area contributed by atoms with Gasteiger partial charge in [0.05, 0.1) is 18.7 Å². The first-order valence-corrected chi connectivity index (χ1v) is 6.91. The number of piperidine rings is 1. The first-order chi connectivity index (χ1) is 8.74. The predicted octanol–water partition coefficient (Wildman–Crippen LogP) is 0.601. The molecule has 1 aliphatic heterocycles. The van der Waals surface area contributed by atoms with Gasteiger partial charge in [0.2, 0.25) is 0 Å². The molecule has 0 radical (unpaired) electrons. The summed E-state index contributed by atoms with van der Waals surface area (Å²) in [6.45, 7) is 4.81. The SMILES string of the molecule is CC(O)C1CCN(Cc2nnnn2C2CC2)CC1. The summed E-state index contributed by atoms with van der Waals surface area (Å²) in [7, 11) is 0. The molecule has 6 nitrogen and oxygen atoms in total. The van der Waals surface area contributed by atoms with Crippen LogP contribution in [0, 0.1) is 5.92 Å². The Morgan fingerprint density at radius 3 is 2.61 bits per heavy atom. The van der Waals surface area contributed by atoms with Crippen LogP contribution in [0.25, 0.3) is 0 Å². The third-order valence-corrected chi connectivity index (χ3v) is 4.13. The number of nitrogens with zero attached hydrogens (tertiary/aromatic N) is 5. The number of likely N-dealkylation sites (tertiary alicyclic amines) is 1. The van der Waals surface area contributed by atoms with Gasteiger partial charge in [-0.3, -0.25) is 4.90 Å². The zero-order valence-electron chi connectivity index (χ0n) is 10.9. The number of aliphatic hydroxyl groups excluding tert-OH is 1. The van der Waals surface area contributed by atoms with E-state index >= 15 is 0 Å². The van der Waals surface area contributed by atoms with Crippen molar-refractivity contribution in [2.24, 2.45) is 5.92 Å². The van der Waals surface area contributed by atoms with Crippen LogP contribution in [0.15, 0.2) is 0 Å². The van der Waals surface area contributed by atoms with E-state index in [1.54, 1.807) is 0 Å². The number of aliphatic hydroxyl groups is 1. The zero-order valence-corrected chi connectivity index (χ0v) is 10.9. The fourth-order valence-corrected chi connectivity index (χ4v) is 2.71. The van der Waals surface area contributed by atoms with E-state index in [0.717, 1.165) is 38.3 Å². The third-order valence-electron chi connectivity index (χ3n) is 4.13. The van der Waals surface area contributed by atoms with Gasteiger partial charge in [0.1, 0.15) is 0 Å². The second-order valence-electron chi connectivity index (χ2n) is 5.63. The average molecular weight is 251 g/mol. The van der Waals surface area contributed by atoms with Crippen molar-refractivity contribution in [3.63, 3.8) is 0 Å². The van der Waals surface area contributed by atoms with Gasteiger partial charge in [-0.1, -0.05) is 0 Å². The van der Waals surface area contributed by atoms with Crippen molar-refractivity contribution in [3.05, 3.63) is 5.82 Å². The van der Waals surface area contributed by atoms with Gasteiger partial charge in [-0.25, -0.2) is 4.68 Å². The van der Waals surface area contributed by atoms with E-state index < -0.39 is 0 Å². The maximum absolute atomic E-state index is 9.59. The molecule has 100 valence electrons. The van der Waals surface area contributed by atoms with Crippen molar-refractivity contribution in [1.29, 1.82) is 0 Å². The van der Waals surface area contributed by atoms with Crippen molar-refractivity contribution >= 4 is 0 Å². The van der Waals surface area contributed by atoms with Crippen molar-refractivity contribution in [2.75, 3.05) is 13.1 Å². The monoisotopic (exact) mass is 251 g/mol. The lowest BCUT2D eigenvalue weighted by Gasteiger charge is -2.32. The lowest BCUT2D eigenvalue weighted by atomic mass is 9.92. The minimum atomic E-state index is -0.177. The summed E-state index contributed by atoms with van der Waals surface area (Å²) in [5.41, 5.74) is 0. The smallest absolute Gasteiger partial charge is 0.165 e. The van der Waals surface area contributed by atoms with Crippen LogP contribution in [0.4, 0.5) is 0 Å². The molecule has 0 aromatic carbocycles. The number of hydrogen-bond donors (Lipinski definition) is 1. The maximum Gasteiger partial charge on any atom is 0.165 e. The molecule has 1 aliphatic carbocycles. The zero-order chi connectivity index (χ0) is 12.5. The lowest BCUT2D eigenvalue weighted by Crippen LogP contribution is -2.37.